The van der Waals surface area contributed by atoms with Gasteiger partial charge in [-0.05, 0) is 30.3 Å². The number of piperazine rings is 1. The molecule has 7 nitrogen and oxygen atoms in total. The van der Waals surface area contributed by atoms with Crippen molar-refractivity contribution in [3.05, 3.63) is 41.4 Å². The van der Waals surface area contributed by atoms with Gasteiger partial charge in [0, 0.05) is 36.9 Å². The van der Waals surface area contributed by atoms with Crippen molar-refractivity contribution in [2.24, 2.45) is 0 Å². The number of anilines is 3. The highest BCUT2D eigenvalue weighted by molar-refractivity contribution is 6.30. The molecule has 24 heavy (non-hydrogen) atoms. The van der Waals surface area contributed by atoms with Crippen LogP contribution in [0.1, 0.15) is 0 Å². The molecular formula is C16H18ClN5O2. The molecule has 1 aromatic heterocycles. The van der Waals surface area contributed by atoms with Crippen LogP contribution in [0.15, 0.2) is 36.4 Å². The Morgan fingerprint density at radius 3 is 2.50 bits per heavy atom. The summed E-state index contributed by atoms with van der Waals surface area (Å²) in [7, 11) is 1.30. The lowest BCUT2D eigenvalue weighted by Gasteiger charge is -2.36. The minimum Gasteiger partial charge on any atom is -0.453 e. The molecule has 1 aliphatic heterocycles. The van der Waals surface area contributed by atoms with Crippen LogP contribution in [0.2, 0.25) is 5.02 Å². The molecule has 0 saturated carbocycles. The first-order valence-electron chi connectivity index (χ1n) is 7.60. The molecule has 2 aromatic rings. The molecular weight excluding hydrogens is 330 g/mol. The van der Waals surface area contributed by atoms with Crippen molar-refractivity contribution in [1.29, 1.82) is 0 Å². The molecule has 1 fully saturated rings. The van der Waals surface area contributed by atoms with Gasteiger partial charge in [0.2, 0.25) is 0 Å². The van der Waals surface area contributed by atoms with Crippen LogP contribution in [0.25, 0.3) is 0 Å². The molecule has 0 atom stereocenters. The number of nitrogens with zero attached hydrogens (tertiary/aromatic N) is 4. The topological polar surface area (TPSA) is 70.6 Å². The van der Waals surface area contributed by atoms with E-state index in [1.165, 1.54) is 7.11 Å². The molecule has 1 aliphatic rings. The zero-order valence-corrected chi connectivity index (χ0v) is 14.0. The molecule has 1 aromatic carbocycles. The number of carbonyl (C=O) groups excluding carboxylic acids is 1. The predicted molar refractivity (Wildman–Crippen MR) is 93.9 cm³/mol. The summed E-state index contributed by atoms with van der Waals surface area (Å²) in [5.41, 5.74) is 1.13. The third-order valence-corrected chi connectivity index (χ3v) is 4.08. The molecule has 0 aliphatic carbocycles. The van der Waals surface area contributed by atoms with Crippen molar-refractivity contribution in [3.63, 3.8) is 0 Å². The molecule has 3 rings (SSSR count). The molecule has 1 saturated heterocycles. The Hall–Kier alpha value is -2.54. The van der Waals surface area contributed by atoms with Gasteiger partial charge < -0.3 is 14.5 Å². The fourth-order valence-corrected chi connectivity index (χ4v) is 2.77. The molecule has 0 unspecified atom stereocenters. The van der Waals surface area contributed by atoms with E-state index >= 15 is 0 Å². The maximum Gasteiger partial charge on any atom is 0.412 e. The molecule has 1 N–H and O–H groups in total. The standard InChI is InChI=1S/C16H18ClN5O2/c1-24-16(23)18-14-5-6-15(20-19-14)22-9-7-21(8-10-22)13-4-2-3-12(17)11-13/h2-6,11H,7-10H2,1H3,(H,18,19,23). The van der Waals surface area contributed by atoms with E-state index in [2.05, 4.69) is 36.1 Å². The van der Waals surface area contributed by atoms with Crippen LogP contribution in [-0.4, -0.2) is 49.6 Å². The van der Waals surface area contributed by atoms with E-state index in [-0.39, 0.29) is 0 Å². The average molecular weight is 348 g/mol. The normalized spacial score (nSPS) is 14.4. The summed E-state index contributed by atoms with van der Waals surface area (Å²) in [5, 5.41) is 11.4. The summed E-state index contributed by atoms with van der Waals surface area (Å²) in [6.07, 6.45) is -0.563. The highest BCUT2D eigenvalue weighted by Gasteiger charge is 2.19. The number of benzene rings is 1. The van der Waals surface area contributed by atoms with Crippen molar-refractivity contribution in [2.75, 3.05) is 48.4 Å². The van der Waals surface area contributed by atoms with Crippen molar-refractivity contribution >= 4 is 35.0 Å². The third-order valence-electron chi connectivity index (χ3n) is 3.84. The van der Waals surface area contributed by atoms with Crippen molar-refractivity contribution in [3.8, 4) is 0 Å². The molecule has 2 heterocycles. The lowest BCUT2D eigenvalue weighted by atomic mass is 10.2. The maximum atomic E-state index is 11.1. The number of nitrogens with one attached hydrogen (secondary N) is 1. The Morgan fingerprint density at radius 2 is 1.88 bits per heavy atom. The zero-order valence-electron chi connectivity index (χ0n) is 13.3. The Labute approximate surface area is 145 Å². The molecule has 0 spiro atoms. The van der Waals surface area contributed by atoms with Gasteiger partial charge in [-0.15, -0.1) is 10.2 Å². The second-order valence-corrected chi connectivity index (χ2v) is 5.78. The van der Waals surface area contributed by atoms with Crippen LogP contribution in [0.3, 0.4) is 0 Å². The van der Waals surface area contributed by atoms with E-state index in [1.807, 2.05) is 24.3 Å². The average Bonchev–Trinajstić information content (AvgIpc) is 2.62. The molecule has 1 amide bonds. The van der Waals surface area contributed by atoms with Gasteiger partial charge in [0.15, 0.2) is 11.6 Å². The first-order chi connectivity index (χ1) is 11.7. The van der Waals surface area contributed by atoms with Crippen LogP contribution in [0.4, 0.5) is 22.1 Å². The number of hydrogen-bond donors (Lipinski definition) is 1. The van der Waals surface area contributed by atoms with Gasteiger partial charge in [-0.2, -0.15) is 0 Å². The quantitative estimate of drug-likeness (QED) is 0.920. The lowest BCUT2D eigenvalue weighted by molar-refractivity contribution is 0.187. The van der Waals surface area contributed by atoms with Gasteiger partial charge in [-0.1, -0.05) is 17.7 Å². The van der Waals surface area contributed by atoms with Crippen LogP contribution in [0.5, 0.6) is 0 Å². The lowest BCUT2D eigenvalue weighted by Crippen LogP contribution is -2.46. The highest BCUT2D eigenvalue weighted by atomic mass is 35.5. The zero-order chi connectivity index (χ0) is 16.9. The fourth-order valence-electron chi connectivity index (χ4n) is 2.58. The third kappa shape index (κ3) is 3.86. The number of halogens is 1. The van der Waals surface area contributed by atoms with E-state index < -0.39 is 6.09 Å². The summed E-state index contributed by atoms with van der Waals surface area (Å²) in [5.74, 6) is 1.15. The minimum atomic E-state index is -0.563. The van der Waals surface area contributed by atoms with Gasteiger partial charge >= 0.3 is 6.09 Å². The van der Waals surface area contributed by atoms with Crippen LogP contribution in [-0.2, 0) is 4.74 Å². The molecule has 0 radical (unpaired) electrons. The summed E-state index contributed by atoms with van der Waals surface area (Å²) in [6.45, 7) is 3.43. The van der Waals surface area contributed by atoms with Crippen LogP contribution in [0, 0.1) is 0 Å². The number of rotatable bonds is 3. The maximum absolute atomic E-state index is 11.1. The van der Waals surface area contributed by atoms with Crippen LogP contribution < -0.4 is 15.1 Å². The van der Waals surface area contributed by atoms with E-state index in [0.717, 1.165) is 42.7 Å². The van der Waals surface area contributed by atoms with E-state index in [0.29, 0.717) is 5.82 Å². The van der Waals surface area contributed by atoms with Gasteiger partial charge in [0.05, 0.1) is 7.11 Å². The van der Waals surface area contributed by atoms with Gasteiger partial charge in [0.25, 0.3) is 0 Å². The largest absolute Gasteiger partial charge is 0.453 e. The summed E-state index contributed by atoms with van der Waals surface area (Å²) >= 11 is 6.06. The highest BCUT2D eigenvalue weighted by Crippen LogP contribution is 2.22. The van der Waals surface area contributed by atoms with Crippen molar-refractivity contribution in [1.82, 2.24) is 10.2 Å². The predicted octanol–water partition coefficient (Wildman–Crippen LogP) is 2.63. The van der Waals surface area contributed by atoms with Gasteiger partial charge in [-0.3, -0.25) is 5.32 Å². The van der Waals surface area contributed by atoms with E-state index in [9.17, 15) is 4.79 Å². The first kappa shape index (κ1) is 16.3. The number of methoxy groups -OCH3 is 1. The SMILES string of the molecule is COC(=O)Nc1ccc(N2CCN(c3cccc(Cl)c3)CC2)nn1. The second kappa shape index (κ2) is 7.35. The minimum absolute atomic E-state index is 0.364. The molecule has 8 heteroatoms. The Kier molecular flexibility index (Phi) is 5.00. The van der Waals surface area contributed by atoms with E-state index in [4.69, 9.17) is 11.6 Å². The molecule has 0 bridgehead atoms. The second-order valence-electron chi connectivity index (χ2n) is 5.35. The number of carbonyl (C=O) groups is 1. The van der Waals surface area contributed by atoms with Crippen LogP contribution >= 0.6 is 11.6 Å². The summed E-state index contributed by atoms with van der Waals surface area (Å²) < 4.78 is 4.52. The number of amides is 1. The number of ether oxygens (including phenoxy) is 1. The van der Waals surface area contributed by atoms with Gasteiger partial charge in [0.1, 0.15) is 0 Å². The first-order valence-corrected chi connectivity index (χ1v) is 7.97. The Morgan fingerprint density at radius 1 is 1.12 bits per heavy atom. The number of hydrogen-bond acceptors (Lipinski definition) is 6. The van der Waals surface area contributed by atoms with Crippen molar-refractivity contribution < 1.29 is 9.53 Å². The smallest absolute Gasteiger partial charge is 0.412 e. The number of aromatic nitrogens is 2. The van der Waals surface area contributed by atoms with E-state index in [1.54, 1.807) is 6.07 Å². The molecule has 126 valence electrons. The summed E-state index contributed by atoms with van der Waals surface area (Å²) in [6, 6.07) is 11.4. The fraction of sp³-hybridized carbons (Fsp3) is 0.312. The van der Waals surface area contributed by atoms with Gasteiger partial charge in [-0.25, -0.2) is 4.79 Å². The van der Waals surface area contributed by atoms with Crippen molar-refractivity contribution in [2.45, 2.75) is 0 Å². The Balaban J connectivity index is 1.59. The summed E-state index contributed by atoms with van der Waals surface area (Å²) in [4.78, 5) is 15.6. The Bertz CT molecular complexity index is 702. The monoisotopic (exact) mass is 347 g/mol.